The molecule has 7 heteroatoms. The van der Waals surface area contributed by atoms with Gasteiger partial charge in [-0.05, 0) is 18.8 Å². The Balaban J connectivity index is 1.61. The Hall–Kier alpha value is -1.76. The molecule has 23 heavy (non-hydrogen) atoms. The fourth-order valence-electron chi connectivity index (χ4n) is 3.49. The van der Waals surface area contributed by atoms with Crippen LogP contribution in [0.15, 0.2) is 6.20 Å². The highest BCUT2D eigenvalue weighted by Gasteiger charge is 2.24. The van der Waals surface area contributed by atoms with Crippen LogP contribution in [0.1, 0.15) is 44.2 Å². The second kappa shape index (κ2) is 7.21. The van der Waals surface area contributed by atoms with Gasteiger partial charge in [0.2, 0.25) is 5.95 Å². The molecule has 0 radical (unpaired) electrons. The molecule has 1 aliphatic carbocycles. The van der Waals surface area contributed by atoms with Gasteiger partial charge in [0.05, 0.1) is 18.4 Å². The number of hydrogen-bond donors (Lipinski definition) is 1. The predicted octanol–water partition coefficient (Wildman–Crippen LogP) is 1.37. The third kappa shape index (κ3) is 4.16. The summed E-state index contributed by atoms with van der Waals surface area (Å²) in [5, 5.41) is 17.2. The van der Waals surface area contributed by atoms with Crippen LogP contribution in [0.25, 0.3) is 0 Å². The molecular formula is C16H25N5O2. The van der Waals surface area contributed by atoms with E-state index in [-0.39, 0.29) is 6.54 Å². The number of nitrogens with zero attached hydrogens (tertiary/aromatic N) is 5. The lowest BCUT2D eigenvalue weighted by molar-refractivity contribution is -0.138. The molecule has 7 nitrogen and oxygen atoms in total. The van der Waals surface area contributed by atoms with Gasteiger partial charge in [0.25, 0.3) is 0 Å². The van der Waals surface area contributed by atoms with E-state index in [9.17, 15) is 4.79 Å². The quantitative estimate of drug-likeness (QED) is 0.897. The molecule has 2 fully saturated rings. The van der Waals surface area contributed by atoms with Crippen LogP contribution in [0.3, 0.4) is 0 Å². The molecule has 0 spiro atoms. The minimum absolute atomic E-state index is 0.104. The number of piperazine rings is 1. The number of aliphatic carboxylic acids is 1. The molecule has 2 heterocycles. The number of anilines is 1. The lowest BCUT2D eigenvalue weighted by Crippen LogP contribution is -2.48. The van der Waals surface area contributed by atoms with E-state index in [1.54, 1.807) is 0 Å². The zero-order valence-corrected chi connectivity index (χ0v) is 13.7. The maximum Gasteiger partial charge on any atom is 0.317 e. The molecule has 3 rings (SSSR count). The normalized spacial score (nSPS) is 26.2. The Morgan fingerprint density at radius 1 is 1.22 bits per heavy atom. The van der Waals surface area contributed by atoms with E-state index in [2.05, 4.69) is 22.0 Å². The fraction of sp³-hybridized carbons (Fsp3) is 0.750. The first kappa shape index (κ1) is 16.1. The second-order valence-electron chi connectivity index (χ2n) is 6.79. The number of hydrogen-bond acceptors (Lipinski definition) is 6. The molecule has 1 aliphatic heterocycles. The molecule has 126 valence electrons. The molecule has 1 N–H and O–H groups in total. The van der Waals surface area contributed by atoms with Crippen LogP contribution in [-0.4, -0.2) is 63.9 Å². The molecule has 2 aliphatic rings. The van der Waals surface area contributed by atoms with E-state index >= 15 is 0 Å². The van der Waals surface area contributed by atoms with Gasteiger partial charge in [0.15, 0.2) is 0 Å². The SMILES string of the molecule is CC1CCC(c2cnnc(N3CCN(CC(=O)O)CC3)n2)CC1. The standard InChI is InChI=1S/C16H25N5O2/c1-12-2-4-13(5-3-12)14-10-17-19-16(18-14)21-8-6-20(7-9-21)11-15(22)23/h10,12-13H,2-9,11H2,1H3,(H,22,23). The number of aromatic nitrogens is 3. The molecular weight excluding hydrogens is 294 g/mol. The first-order valence-electron chi connectivity index (χ1n) is 8.50. The van der Waals surface area contributed by atoms with E-state index in [0.717, 1.165) is 37.8 Å². The Bertz CT molecular complexity index is 537. The summed E-state index contributed by atoms with van der Waals surface area (Å²) in [7, 11) is 0. The summed E-state index contributed by atoms with van der Waals surface area (Å²) in [5.41, 5.74) is 1.06. The summed E-state index contributed by atoms with van der Waals surface area (Å²) < 4.78 is 0. The van der Waals surface area contributed by atoms with Gasteiger partial charge in [0, 0.05) is 32.1 Å². The van der Waals surface area contributed by atoms with E-state index in [1.165, 1.54) is 25.7 Å². The van der Waals surface area contributed by atoms with Gasteiger partial charge in [-0.3, -0.25) is 9.69 Å². The highest BCUT2D eigenvalue weighted by molar-refractivity contribution is 5.69. The molecule has 0 atom stereocenters. The van der Waals surface area contributed by atoms with Crippen molar-refractivity contribution in [2.45, 2.75) is 38.5 Å². The summed E-state index contributed by atoms with van der Waals surface area (Å²) >= 11 is 0. The van der Waals surface area contributed by atoms with E-state index in [4.69, 9.17) is 10.1 Å². The van der Waals surface area contributed by atoms with Crippen molar-refractivity contribution in [3.8, 4) is 0 Å². The average Bonchev–Trinajstić information content (AvgIpc) is 2.56. The van der Waals surface area contributed by atoms with Crippen LogP contribution in [0, 0.1) is 5.92 Å². The number of carboxylic acids is 1. The monoisotopic (exact) mass is 319 g/mol. The van der Waals surface area contributed by atoms with Crippen molar-refractivity contribution < 1.29 is 9.90 Å². The first-order chi connectivity index (χ1) is 11.1. The maximum absolute atomic E-state index is 10.8. The van der Waals surface area contributed by atoms with Crippen LogP contribution in [0.4, 0.5) is 5.95 Å². The smallest absolute Gasteiger partial charge is 0.317 e. The van der Waals surface area contributed by atoms with Crippen molar-refractivity contribution in [2.75, 3.05) is 37.6 Å². The molecule has 0 aromatic carbocycles. The second-order valence-corrected chi connectivity index (χ2v) is 6.79. The van der Waals surface area contributed by atoms with Crippen molar-refractivity contribution in [1.82, 2.24) is 20.1 Å². The van der Waals surface area contributed by atoms with Gasteiger partial charge in [-0.2, -0.15) is 5.10 Å². The highest BCUT2D eigenvalue weighted by Crippen LogP contribution is 2.34. The molecule has 1 saturated heterocycles. The number of rotatable bonds is 4. The van der Waals surface area contributed by atoms with E-state index in [1.807, 2.05) is 11.1 Å². The molecule has 1 aromatic rings. The minimum atomic E-state index is -0.773. The lowest BCUT2D eigenvalue weighted by atomic mass is 9.81. The van der Waals surface area contributed by atoms with Gasteiger partial charge >= 0.3 is 5.97 Å². The minimum Gasteiger partial charge on any atom is -0.480 e. The van der Waals surface area contributed by atoms with Gasteiger partial charge in [-0.15, -0.1) is 5.10 Å². The van der Waals surface area contributed by atoms with Crippen molar-refractivity contribution >= 4 is 11.9 Å². The van der Waals surface area contributed by atoms with Crippen molar-refractivity contribution in [3.05, 3.63) is 11.9 Å². The van der Waals surface area contributed by atoms with Gasteiger partial charge in [-0.25, -0.2) is 4.98 Å². The molecule has 0 bridgehead atoms. The Kier molecular flexibility index (Phi) is 5.05. The van der Waals surface area contributed by atoms with E-state index < -0.39 is 5.97 Å². The van der Waals surface area contributed by atoms with Crippen LogP contribution in [0.2, 0.25) is 0 Å². The highest BCUT2D eigenvalue weighted by atomic mass is 16.4. The van der Waals surface area contributed by atoms with Gasteiger partial charge < -0.3 is 10.0 Å². The zero-order chi connectivity index (χ0) is 16.2. The number of carboxylic acid groups (broad SMARTS) is 1. The summed E-state index contributed by atoms with van der Waals surface area (Å²) in [4.78, 5) is 19.6. The van der Waals surface area contributed by atoms with Gasteiger partial charge in [-0.1, -0.05) is 19.8 Å². The molecule has 1 saturated carbocycles. The first-order valence-corrected chi connectivity index (χ1v) is 8.50. The van der Waals surface area contributed by atoms with Crippen LogP contribution < -0.4 is 4.90 Å². The van der Waals surface area contributed by atoms with E-state index in [0.29, 0.717) is 11.9 Å². The van der Waals surface area contributed by atoms with Crippen molar-refractivity contribution in [2.24, 2.45) is 5.92 Å². The van der Waals surface area contributed by atoms with Crippen LogP contribution >= 0.6 is 0 Å². The van der Waals surface area contributed by atoms with Gasteiger partial charge in [0.1, 0.15) is 0 Å². The zero-order valence-electron chi connectivity index (χ0n) is 13.7. The predicted molar refractivity (Wildman–Crippen MR) is 86.5 cm³/mol. The van der Waals surface area contributed by atoms with Crippen LogP contribution in [-0.2, 0) is 4.79 Å². The summed E-state index contributed by atoms with van der Waals surface area (Å²) in [6.07, 6.45) is 6.71. The Morgan fingerprint density at radius 2 is 1.91 bits per heavy atom. The number of carbonyl (C=O) groups is 1. The third-order valence-corrected chi connectivity index (χ3v) is 5.01. The maximum atomic E-state index is 10.8. The molecule has 1 aromatic heterocycles. The molecule has 0 amide bonds. The Morgan fingerprint density at radius 3 is 2.57 bits per heavy atom. The third-order valence-electron chi connectivity index (χ3n) is 5.01. The molecule has 0 unspecified atom stereocenters. The van der Waals surface area contributed by atoms with Crippen molar-refractivity contribution in [1.29, 1.82) is 0 Å². The summed E-state index contributed by atoms with van der Waals surface area (Å²) in [6, 6.07) is 0. The van der Waals surface area contributed by atoms with Crippen LogP contribution in [0.5, 0.6) is 0 Å². The fourth-order valence-corrected chi connectivity index (χ4v) is 3.49. The topological polar surface area (TPSA) is 82.5 Å². The lowest BCUT2D eigenvalue weighted by Gasteiger charge is -2.34. The summed E-state index contributed by atoms with van der Waals surface area (Å²) in [6.45, 7) is 5.37. The average molecular weight is 319 g/mol. The Labute approximate surface area is 136 Å². The summed E-state index contributed by atoms with van der Waals surface area (Å²) in [5.74, 6) is 1.25. The van der Waals surface area contributed by atoms with Crippen molar-refractivity contribution in [3.63, 3.8) is 0 Å². The largest absolute Gasteiger partial charge is 0.480 e.